The van der Waals surface area contributed by atoms with Crippen LogP contribution in [0.3, 0.4) is 0 Å². The number of carbonyl (C=O) groups excluding carboxylic acids is 1. The van der Waals surface area contributed by atoms with Gasteiger partial charge in [0.1, 0.15) is 0 Å². The maximum atomic E-state index is 12.1. The Morgan fingerprint density at radius 1 is 1.18 bits per heavy atom. The zero-order valence-corrected chi connectivity index (χ0v) is 14.9. The van der Waals surface area contributed by atoms with Gasteiger partial charge in [-0.3, -0.25) is 9.00 Å². The van der Waals surface area contributed by atoms with Crippen LogP contribution in [0.5, 0.6) is 0 Å². The van der Waals surface area contributed by atoms with Crippen molar-refractivity contribution >= 4 is 16.7 Å². The SMILES string of the molecule is CC(C)CCCCCCNC(=O)c1cccc(CS(C)=O)c1. The maximum Gasteiger partial charge on any atom is 0.251 e. The van der Waals surface area contributed by atoms with Crippen LogP contribution in [-0.2, 0) is 16.6 Å². The molecule has 0 aliphatic carbocycles. The van der Waals surface area contributed by atoms with Gasteiger partial charge in [-0.15, -0.1) is 0 Å². The van der Waals surface area contributed by atoms with Crippen LogP contribution in [0.4, 0.5) is 0 Å². The number of amides is 1. The van der Waals surface area contributed by atoms with Gasteiger partial charge in [-0.2, -0.15) is 0 Å². The fraction of sp³-hybridized carbons (Fsp3) is 0.611. The Labute approximate surface area is 137 Å². The van der Waals surface area contributed by atoms with Gasteiger partial charge in [0.05, 0.1) is 0 Å². The summed E-state index contributed by atoms with van der Waals surface area (Å²) >= 11 is 0. The minimum absolute atomic E-state index is 0.0362. The van der Waals surface area contributed by atoms with Crippen molar-refractivity contribution in [3.63, 3.8) is 0 Å². The second kappa shape index (κ2) is 10.5. The highest BCUT2D eigenvalue weighted by molar-refractivity contribution is 7.83. The third kappa shape index (κ3) is 8.32. The quantitative estimate of drug-likeness (QED) is 0.664. The monoisotopic (exact) mass is 323 g/mol. The van der Waals surface area contributed by atoms with Crippen molar-refractivity contribution in [3.8, 4) is 0 Å². The standard InChI is InChI=1S/C18H29NO2S/c1-15(2)9-6-4-5-7-12-19-18(20)17-11-8-10-16(13-17)14-22(3)21/h8,10-11,13,15H,4-7,9,12,14H2,1-3H3,(H,19,20). The first kappa shape index (κ1) is 18.9. The molecule has 0 aliphatic rings. The Kier molecular flexibility index (Phi) is 9.05. The summed E-state index contributed by atoms with van der Waals surface area (Å²) in [6, 6.07) is 7.40. The fourth-order valence-corrected chi connectivity index (χ4v) is 3.02. The molecule has 0 heterocycles. The minimum Gasteiger partial charge on any atom is -0.352 e. The van der Waals surface area contributed by atoms with Crippen LogP contribution in [0.15, 0.2) is 24.3 Å². The first-order valence-electron chi connectivity index (χ1n) is 8.16. The molecule has 0 aliphatic heterocycles. The molecule has 1 atom stereocenters. The third-order valence-corrected chi connectivity index (χ3v) is 4.29. The second-order valence-electron chi connectivity index (χ2n) is 6.27. The summed E-state index contributed by atoms with van der Waals surface area (Å²) in [6.45, 7) is 5.23. The van der Waals surface area contributed by atoms with Gasteiger partial charge in [0.15, 0.2) is 0 Å². The summed E-state index contributed by atoms with van der Waals surface area (Å²) in [5, 5.41) is 2.96. The van der Waals surface area contributed by atoms with E-state index in [1.54, 1.807) is 12.3 Å². The van der Waals surface area contributed by atoms with Gasteiger partial charge in [-0.25, -0.2) is 0 Å². The molecule has 0 bridgehead atoms. The maximum absolute atomic E-state index is 12.1. The molecule has 1 amide bonds. The summed E-state index contributed by atoms with van der Waals surface area (Å²) in [5.74, 6) is 1.24. The molecule has 0 saturated heterocycles. The number of nitrogens with one attached hydrogen (secondary N) is 1. The summed E-state index contributed by atoms with van der Waals surface area (Å²) in [6.07, 6.45) is 7.68. The van der Waals surface area contributed by atoms with Crippen LogP contribution in [0.1, 0.15) is 61.9 Å². The largest absolute Gasteiger partial charge is 0.352 e. The minimum atomic E-state index is -0.883. The first-order valence-corrected chi connectivity index (χ1v) is 9.89. The van der Waals surface area contributed by atoms with Crippen molar-refractivity contribution in [2.24, 2.45) is 5.92 Å². The van der Waals surface area contributed by atoms with Crippen LogP contribution in [0.25, 0.3) is 0 Å². The number of carbonyl (C=O) groups is 1. The van der Waals surface area contributed by atoms with Gasteiger partial charge in [-0.05, 0) is 30.0 Å². The number of unbranched alkanes of at least 4 members (excludes halogenated alkanes) is 3. The molecule has 1 N–H and O–H groups in total. The van der Waals surface area contributed by atoms with E-state index < -0.39 is 10.8 Å². The van der Waals surface area contributed by atoms with Crippen molar-refractivity contribution in [2.75, 3.05) is 12.8 Å². The van der Waals surface area contributed by atoms with E-state index in [9.17, 15) is 9.00 Å². The molecule has 4 heteroatoms. The Morgan fingerprint density at radius 2 is 1.91 bits per heavy atom. The zero-order chi connectivity index (χ0) is 16.4. The molecule has 22 heavy (non-hydrogen) atoms. The van der Waals surface area contributed by atoms with Crippen LogP contribution in [0, 0.1) is 5.92 Å². The molecular weight excluding hydrogens is 294 g/mol. The van der Waals surface area contributed by atoms with E-state index in [0.29, 0.717) is 11.3 Å². The van der Waals surface area contributed by atoms with E-state index >= 15 is 0 Å². The molecule has 1 rings (SSSR count). The lowest BCUT2D eigenvalue weighted by molar-refractivity contribution is 0.0953. The highest BCUT2D eigenvalue weighted by atomic mass is 32.2. The smallest absolute Gasteiger partial charge is 0.251 e. The van der Waals surface area contributed by atoms with Crippen LogP contribution in [-0.4, -0.2) is 22.9 Å². The van der Waals surface area contributed by atoms with Crippen LogP contribution >= 0.6 is 0 Å². The van der Waals surface area contributed by atoms with Gasteiger partial charge in [0.25, 0.3) is 5.91 Å². The summed E-state index contributed by atoms with van der Waals surface area (Å²) in [4.78, 5) is 12.1. The van der Waals surface area contributed by atoms with Gasteiger partial charge < -0.3 is 5.32 Å². The van der Waals surface area contributed by atoms with E-state index in [0.717, 1.165) is 24.4 Å². The molecule has 3 nitrogen and oxygen atoms in total. The van der Waals surface area contributed by atoms with Crippen molar-refractivity contribution in [1.29, 1.82) is 0 Å². The summed E-state index contributed by atoms with van der Waals surface area (Å²) in [7, 11) is -0.883. The van der Waals surface area contributed by atoms with Crippen LogP contribution in [0.2, 0.25) is 0 Å². The lowest BCUT2D eigenvalue weighted by Gasteiger charge is -2.07. The predicted molar refractivity (Wildman–Crippen MR) is 94.5 cm³/mol. The molecular formula is C18H29NO2S. The molecule has 0 spiro atoms. The molecule has 0 radical (unpaired) electrons. The number of hydrogen-bond donors (Lipinski definition) is 1. The van der Waals surface area contributed by atoms with Crippen molar-refractivity contribution in [3.05, 3.63) is 35.4 Å². The molecule has 0 fully saturated rings. The lowest BCUT2D eigenvalue weighted by Crippen LogP contribution is -2.24. The van der Waals surface area contributed by atoms with E-state index in [2.05, 4.69) is 19.2 Å². The van der Waals surface area contributed by atoms with E-state index in [1.165, 1.54) is 25.7 Å². The summed E-state index contributed by atoms with van der Waals surface area (Å²) < 4.78 is 11.2. The number of benzene rings is 1. The number of rotatable bonds is 10. The number of hydrogen-bond acceptors (Lipinski definition) is 2. The van der Waals surface area contributed by atoms with E-state index in [-0.39, 0.29) is 5.91 Å². The predicted octanol–water partition coefficient (Wildman–Crippen LogP) is 3.90. The molecule has 124 valence electrons. The van der Waals surface area contributed by atoms with Gasteiger partial charge >= 0.3 is 0 Å². The Balaban J connectivity index is 2.26. The van der Waals surface area contributed by atoms with Gasteiger partial charge in [0, 0.05) is 34.9 Å². The summed E-state index contributed by atoms with van der Waals surface area (Å²) in [5.41, 5.74) is 1.60. The van der Waals surface area contributed by atoms with Crippen molar-refractivity contribution in [2.45, 2.75) is 51.7 Å². The second-order valence-corrected chi connectivity index (χ2v) is 7.71. The lowest BCUT2D eigenvalue weighted by atomic mass is 10.0. The van der Waals surface area contributed by atoms with Crippen molar-refractivity contribution < 1.29 is 9.00 Å². The van der Waals surface area contributed by atoms with Crippen molar-refractivity contribution in [1.82, 2.24) is 5.32 Å². The normalized spacial score (nSPS) is 12.4. The van der Waals surface area contributed by atoms with Crippen LogP contribution < -0.4 is 5.32 Å². The molecule has 0 aromatic heterocycles. The Morgan fingerprint density at radius 3 is 2.59 bits per heavy atom. The molecule has 1 aromatic rings. The average Bonchev–Trinajstić information content (AvgIpc) is 2.45. The zero-order valence-electron chi connectivity index (χ0n) is 14.1. The topological polar surface area (TPSA) is 46.2 Å². The van der Waals surface area contributed by atoms with E-state index in [4.69, 9.17) is 0 Å². The molecule has 0 saturated carbocycles. The van der Waals surface area contributed by atoms with E-state index in [1.807, 2.05) is 18.2 Å². The molecule has 1 aromatic carbocycles. The highest BCUT2D eigenvalue weighted by Gasteiger charge is 2.06. The Hall–Kier alpha value is -1.16. The highest BCUT2D eigenvalue weighted by Crippen LogP contribution is 2.10. The fourth-order valence-electron chi connectivity index (χ4n) is 2.37. The Bertz CT molecular complexity index is 486. The first-order chi connectivity index (χ1) is 10.5. The molecule has 1 unspecified atom stereocenters. The van der Waals surface area contributed by atoms with Gasteiger partial charge in [-0.1, -0.05) is 51.7 Å². The van der Waals surface area contributed by atoms with Gasteiger partial charge in [0.2, 0.25) is 0 Å². The average molecular weight is 324 g/mol. The third-order valence-electron chi connectivity index (χ3n) is 3.55.